The Morgan fingerprint density at radius 1 is 1.42 bits per heavy atom. The summed E-state index contributed by atoms with van der Waals surface area (Å²) in [5.74, 6) is -2.54. The largest absolute Gasteiger partial charge is 0.475 e. The van der Waals surface area contributed by atoms with Gasteiger partial charge in [-0.3, -0.25) is 14.9 Å². The van der Waals surface area contributed by atoms with E-state index in [9.17, 15) is 9.59 Å². The number of thiazole rings is 1. The van der Waals surface area contributed by atoms with Crippen LogP contribution in [0.5, 0.6) is 0 Å². The molecule has 1 rings (SSSR count). The molecule has 1 aromatic heterocycles. The molecule has 7 nitrogen and oxygen atoms in total. The minimum Gasteiger partial charge on any atom is -0.426 e. The Bertz CT molecular complexity index is 424. The molecule has 0 saturated heterocycles. The van der Waals surface area contributed by atoms with Crippen LogP contribution in [0.3, 0.4) is 0 Å². The van der Waals surface area contributed by atoms with E-state index in [0.29, 0.717) is 11.6 Å². The maximum atomic E-state index is 11.6. The Balaban J connectivity index is 2.53. The minimum atomic E-state index is -1.71. The Kier molecular flexibility index (Phi) is 5.93. The number of hydrogen-bond acceptors (Lipinski definition) is 6. The fourth-order valence-electron chi connectivity index (χ4n) is 1.44. The summed E-state index contributed by atoms with van der Waals surface area (Å²) in [6.45, 7) is 3.74. The molecule has 0 spiro atoms. The van der Waals surface area contributed by atoms with E-state index in [1.165, 1.54) is 17.5 Å². The SMILES string of the molecule is CC(C)C[C@H](NC(=O)C(=O)Nc1nccs1)B(O)O. The third-order valence-electron chi connectivity index (χ3n) is 2.26. The van der Waals surface area contributed by atoms with Crippen molar-refractivity contribution in [3.05, 3.63) is 11.6 Å². The van der Waals surface area contributed by atoms with Gasteiger partial charge in [0.2, 0.25) is 0 Å². The summed E-state index contributed by atoms with van der Waals surface area (Å²) < 4.78 is 0. The number of hydrogen-bond donors (Lipinski definition) is 4. The van der Waals surface area contributed by atoms with E-state index < -0.39 is 24.9 Å². The van der Waals surface area contributed by atoms with Gasteiger partial charge in [0, 0.05) is 11.6 Å². The van der Waals surface area contributed by atoms with E-state index in [-0.39, 0.29) is 5.92 Å². The fraction of sp³-hybridized carbons (Fsp3) is 0.500. The van der Waals surface area contributed by atoms with Crippen molar-refractivity contribution < 1.29 is 19.6 Å². The van der Waals surface area contributed by atoms with Gasteiger partial charge in [0.25, 0.3) is 0 Å². The Labute approximate surface area is 115 Å². The maximum Gasteiger partial charge on any atom is 0.475 e. The summed E-state index contributed by atoms with van der Waals surface area (Å²) in [6.07, 6.45) is 1.85. The zero-order valence-electron chi connectivity index (χ0n) is 10.7. The third kappa shape index (κ3) is 5.37. The first-order valence-electron chi connectivity index (χ1n) is 5.77. The molecule has 4 N–H and O–H groups in total. The number of nitrogens with one attached hydrogen (secondary N) is 2. The van der Waals surface area contributed by atoms with Crippen LogP contribution in [0.1, 0.15) is 20.3 Å². The lowest BCUT2D eigenvalue weighted by atomic mass is 9.75. The van der Waals surface area contributed by atoms with E-state index in [1.54, 1.807) is 5.38 Å². The van der Waals surface area contributed by atoms with Crippen LogP contribution in [0.2, 0.25) is 0 Å². The van der Waals surface area contributed by atoms with Gasteiger partial charge in [0.15, 0.2) is 5.13 Å². The number of carbonyl (C=O) groups excluding carboxylic acids is 2. The van der Waals surface area contributed by atoms with Crippen molar-refractivity contribution >= 4 is 35.4 Å². The van der Waals surface area contributed by atoms with Gasteiger partial charge in [-0.1, -0.05) is 13.8 Å². The van der Waals surface area contributed by atoms with Gasteiger partial charge in [0.05, 0.1) is 5.94 Å². The van der Waals surface area contributed by atoms with Crippen molar-refractivity contribution in [2.24, 2.45) is 5.92 Å². The van der Waals surface area contributed by atoms with Crippen molar-refractivity contribution in [3.63, 3.8) is 0 Å². The Morgan fingerprint density at radius 3 is 2.58 bits per heavy atom. The van der Waals surface area contributed by atoms with Crippen LogP contribution in [0.25, 0.3) is 0 Å². The van der Waals surface area contributed by atoms with E-state index in [2.05, 4.69) is 15.6 Å². The zero-order valence-corrected chi connectivity index (χ0v) is 11.5. The van der Waals surface area contributed by atoms with Crippen LogP contribution in [0.4, 0.5) is 5.13 Å². The number of aromatic nitrogens is 1. The van der Waals surface area contributed by atoms with Crippen molar-refractivity contribution in [3.8, 4) is 0 Å². The van der Waals surface area contributed by atoms with Gasteiger partial charge in [-0.2, -0.15) is 0 Å². The molecule has 2 amide bonds. The molecule has 0 aliphatic carbocycles. The average molecular weight is 285 g/mol. The molecule has 0 aliphatic heterocycles. The molecule has 1 heterocycles. The standard InChI is InChI=1S/C10H16BN3O4S/c1-6(2)5-7(11(17)18)13-8(15)9(16)14-10-12-3-4-19-10/h3-4,6-7,17-18H,5H2,1-2H3,(H,13,15)(H,12,14,16)/t7-/m0/s1. The van der Waals surface area contributed by atoms with Crippen LogP contribution >= 0.6 is 11.3 Å². The normalized spacial score (nSPS) is 12.1. The van der Waals surface area contributed by atoms with E-state index in [1.807, 2.05) is 13.8 Å². The van der Waals surface area contributed by atoms with Crippen molar-refractivity contribution in [2.75, 3.05) is 5.32 Å². The van der Waals surface area contributed by atoms with Gasteiger partial charge in [0.1, 0.15) is 0 Å². The van der Waals surface area contributed by atoms with E-state index in [4.69, 9.17) is 10.0 Å². The average Bonchev–Trinajstić information content (AvgIpc) is 2.79. The third-order valence-corrected chi connectivity index (χ3v) is 2.95. The highest BCUT2D eigenvalue weighted by Crippen LogP contribution is 2.10. The minimum absolute atomic E-state index is 0.147. The predicted molar refractivity (Wildman–Crippen MR) is 72.3 cm³/mol. The molecule has 0 radical (unpaired) electrons. The molecule has 1 atom stereocenters. The van der Waals surface area contributed by atoms with Crippen molar-refractivity contribution in [1.29, 1.82) is 0 Å². The molecule has 0 unspecified atom stereocenters. The topological polar surface area (TPSA) is 112 Å². The van der Waals surface area contributed by atoms with Gasteiger partial charge in [-0.05, 0) is 12.3 Å². The molecule has 1 aromatic rings. The molecule has 0 bridgehead atoms. The van der Waals surface area contributed by atoms with Gasteiger partial charge < -0.3 is 15.4 Å². The van der Waals surface area contributed by atoms with E-state index in [0.717, 1.165) is 0 Å². The van der Waals surface area contributed by atoms with Crippen LogP contribution < -0.4 is 10.6 Å². The number of amides is 2. The Hall–Kier alpha value is -1.45. The highest BCUT2D eigenvalue weighted by molar-refractivity contribution is 7.13. The highest BCUT2D eigenvalue weighted by Gasteiger charge is 2.28. The fourth-order valence-corrected chi connectivity index (χ4v) is 1.96. The molecule has 0 fully saturated rings. The summed E-state index contributed by atoms with van der Waals surface area (Å²) in [5, 5.41) is 24.9. The summed E-state index contributed by atoms with van der Waals surface area (Å²) in [7, 11) is -1.71. The number of rotatable bonds is 5. The second-order valence-electron chi connectivity index (χ2n) is 4.41. The predicted octanol–water partition coefficient (Wildman–Crippen LogP) is -0.375. The van der Waals surface area contributed by atoms with Crippen LogP contribution in [-0.4, -0.2) is 39.9 Å². The second kappa shape index (κ2) is 7.22. The van der Waals surface area contributed by atoms with Gasteiger partial charge in [-0.15, -0.1) is 11.3 Å². The van der Waals surface area contributed by atoms with Crippen LogP contribution in [0, 0.1) is 5.92 Å². The molecule has 0 aliphatic rings. The number of anilines is 1. The lowest BCUT2D eigenvalue weighted by Crippen LogP contribution is -2.50. The summed E-state index contributed by atoms with van der Waals surface area (Å²) in [6, 6.07) is 0. The maximum absolute atomic E-state index is 11.6. The molecule has 9 heteroatoms. The summed E-state index contributed by atoms with van der Waals surface area (Å²) in [5.41, 5.74) is 0. The second-order valence-corrected chi connectivity index (χ2v) is 5.31. The summed E-state index contributed by atoms with van der Waals surface area (Å²) >= 11 is 1.18. The summed E-state index contributed by atoms with van der Waals surface area (Å²) in [4.78, 5) is 26.9. The lowest BCUT2D eigenvalue weighted by molar-refractivity contribution is -0.136. The van der Waals surface area contributed by atoms with E-state index >= 15 is 0 Å². The first kappa shape index (κ1) is 15.6. The first-order valence-corrected chi connectivity index (χ1v) is 6.65. The smallest absolute Gasteiger partial charge is 0.426 e. The Morgan fingerprint density at radius 2 is 2.11 bits per heavy atom. The van der Waals surface area contributed by atoms with Gasteiger partial charge >= 0.3 is 18.9 Å². The molecular weight excluding hydrogens is 269 g/mol. The van der Waals surface area contributed by atoms with Crippen molar-refractivity contribution in [1.82, 2.24) is 10.3 Å². The lowest BCUT2D eigenvalue weighted by Gasteiger charge is -2.18. The molecular formula is C10H16BN3O4S. The van der Waals surface area contributed by atoms with Crippen molar-refractivity contribution in [2.45, 2.75) is 26.2 Å². The monoisotopic (exact) mass is 285 g/mol. The van der Waals surface area contributed by atoms with Crippen LogP contribution in [0.15, 0.2) is 11.6 Å². The first-order chi connectivity index (χ1) is 8.90. The molecule has 104 valence electrons. The number of nitrogens with zero attached hydrogens (tertiary/aromatic N) is 1. The number of carbonyl (C=O) groups is 2. The molecule has 0 aromatic carbocycles. The molecule has 0 saturated carbocycles. The zero-order chi connectivity index (χ0) is 14.4. The van der Waals surface area contributed by atoms with Crippen LogP contribution in [-0.2, 0) is 9.59 Å². The quantitative estimate of drug-likeness (QED) is 0.435. The van der Waals surface area contributed by atoms with Gasteiger partial charge in [-0.25, -0.2) is 4.98 Å². The molecule has 19 heavy (non-hydrogen) atoms. The highest BCUT2D eigenvalue weighted by atomic mass is 32.1.